The van der Waals surface area contributed by atoms with E-state index in [9.17, 15) is 8.42 Å². The van der Waals surface area contributed by atoms with E-state index in [4.69, 9.17) is 9.47 Å². The molecule has 0 radical (unpaired) electrons. The third-order valence-electron chi connectivity index (χ3n) is 3.68. The SMILES string of the molecule is CN=C(NCc1ccc(S(C)(=O)=O)cc1)Nc1ccc(OC)c(OC)c1. The van der Waals surface area contributed by atoms with Gasteiger partial charge in [0.15, 0.2) is 27.3 Å². The van der Waals surface area contributed by atoms with E-state index in [1.807, 2.05) is 12.1 Å². The van der Waals surface area contributed by atoms with Gasteiger partial charge in [-0.2, -0.15) is 0 Å². The van der Waals surface area contributed by atoms with Crippen LogP contribution in [0.25, 0.3) is 0 Å². The smallest absolute Gasteiger partial charge is 0.195 e. The van der Waals surface area contributed by atoms with Crippen LogP contribution in [0.4, 0.5) is 5.69 Å². The molecule has 0 fully saturated rings. The molecule has 2 N–H and O–H groups in total. The zero-order valence-electron chi connectivity index (χ0n) is 15.2. The summed E-state index contributed by atoms with van der Waals surface area (Å²) in [4.78, 5) is 4.48. The van der Waals surface area contributed by atoms with Crippen LogP contribution in [0.1, 0.15) is 5.56 Å². The molecule has 0 aliphatic carbocycles. The number of nitrogens with zero attached hydrogens (tertiary/aromatic N) is 1. The Labute approximate surface area is 154 Å². The Hall–Kier alpha value is -2.74. The average molecular weight is 377 g/mol. The second-order valence-corrected chi connectivity index (χ2v) is 7.55. The molecule has 0 atom stereocenters. The van der Waals surface area contributed by atoms with Crippen molar-refractivity contribution in [3.8, 4) is 11.5 Å². The summed E-state index contributed by atoms with van der Waals surface area (Å²) in [5.74, 6) is 1.83. The molecule has 0 spiro atoms. The predicted octanol–water partition coefficient (Wildman–Crippen LogP) is 2.29. The zero-order valence-corrected chi connectivity index (χ0v) is 16.1. The minimum Gasteiger partial charge on any atom is -0.493 e. The molecule has 2 aromatic carbocycles. The maximum atomic E-state index is 11.5. The number of ether oxygens (including phenoxy) is 2. The van der Waals surface area contributed by atoms with E-state index in [-0.39, 0.29) is 0 Å². The molecule has 0 aliphatic heterocycles. The van der Waals surface area contributed by atoms with Gasteiger partial charge in [-0.05, 0) is 29.8 Å². The maximum Gasteiger partial charge on any atom is 0.195 e. The van der Waals surface area contributed by atoms with Crippen molar-refractivity contribution in [2.75, 3.05) is 32.8 Å². The standard InChI is InChI=1S/C18H23N3O4S/c1-19-18(21-14-7-10-16(24-2)17(11-14)25-3)20-12-13-5-8-15(9-6-13)26(4,22)23/h5-11H,12H2,1-4H3,(H2,19,20,21). The predicted molar refractivity (Wildman–Crippen MR) is 103 cm³/mol. The fourth-order valence-corrected chi connectivity index (χ4v) is 2.90. The van der Waals surface area contributed by atoms with Crippen LogP contribution < -0.4 is 20.1 Å². The fraction of sp³-hybridized carbons (Fsp3) is 0.278. The highest BCUT2D eigenvalue weighted by Crippen LogP contribution is 2.29. The summed E-state index contributed by atoms with van der Waals surface area (Å²) < 4.78 is 33.5. The van der Waals surface area contributed by atoms with E-state index >= 15 is 0 Å². The molecule has 26 heavy (non-hydrogen) atoms. The normalized spacial score (nSPS) is 11.8. The monoisotopic (exact) mass is 377 g/mol. The largest absolute Gasteiger partial charge is 0.493 e. The van der Waals surface area contributed by atoms with Crippen molar-refractivity contribution < 1.29 is 17.9 Å². The van der Waals surface area contributed by atoms with E-state index in [0.29, 0.717) is 28.9 Å². The molecular formula is C18H23N3O4S. The first-order chi connectivity index (χ1) is 12.4. The number of methoxy groups -OCH3 is 2. The van der Waals surface area contributed by atoms with Gasteiger partial charge in [0.1, 0.15) is 0 Å². The number of benzene rings is 2. The number of anilines is 1. The maximum absolute atomic E-state index is 11.5. The summed E-state index contributed by atoms with van der Waals surface area (Å²) in [7, 11) is 1.64. The van der Waals surface area contributed by atoms with E-state index in [2.05, 4.69) is 15.6 Å². The van der Waals surface area contributed by atoms with Gasteiger partial charge in [-0.1, -0.05) is 12.1 Å². The first-order valence-electron chi connectivity index (χ1n) is 7.86. The van der Waals surface area contributed by atoms with E-state index in [1.54, 1.807) is 51.6 Å². The summed E-state index contributed by atoms with van der Waals surface area (Å²) in [5, 5.41) is 6.34. The van der Waals surface area contributed by atoms with Gasteiger partial charge in [0.05, 0.1) is 19.1 Å². The third-order valence-corrected chi connectivity index (χ3v) is 4.81. The Kier molecular flexibility index (Phi) is 6.46. The van der Waals surface area contributed by atoms with Gasteiger partial charge in [-0.25, -0.2) is 8.42 Å². The summed E-state index contributed by atoms with van der Waals surface area (Å²) in [6, 6.07) is 12.2. The van der Waals surface area contributed by atoms with Crippen LogP contribution >= 0.6 is 0 Å². The minimum absolute atomic E-state index is 0.300. The molecule has 0 saturated carbocycles. The first-order valence-corrected chi connectivity index (χ1v) is 9.75. The van der Waals surface area contributed by atoms with Crippen molar-refractivity contribution in [2.45, 2.75) is 11.4 Å². The summed E-state index contributed by atoms with van der Waals surface area (Å²) in [6.07, 6.45) is 1.19. The van der Waals surface area contributed by atoms with Crippen LogP contribution in [-0.2, 0) is 16.4 Å². The Morgan fingerprint density at radius 2 is 1.69 bits per heavy atom. The highest BCUT2D eigenvalue weighted by molar-refractivity contribution is 7.90. The highest BCUT2D eigenvalue weighted by atomic mass is 32.2. The fourth-order valence-electron chi connectivity index (χ4n) is 2.27. The van der Waals surface area contributed by atoms with Crippen LogP contribution in [0.15, 0.2) is 52.4 Å². The topological polar surface area (TPSA) is 89.0 Å². The lowest BCUT2D eigenvalue weighted by Gasteiger charge is -2.14. The van der Waals surface area contributed by atoms with Crippen LogP contribution in [0, 0.1) is 0 Å². The number of nitrogens with one attached hydrogen (secondary N) is 2. The lowest BCUT2D eigenvalue weighted by atomic mass is 10.2. The van der Waals surface area contributed by atoms with Gasteiger partial charge < -0.3 is 20.1 Å². The van der Waals surface area contributed by atoms with Gasteiger partial charge >= 0.3 is 0 Å². The average Bonchev–Trinajstić information content (AvgIpc) is 2.64. The minimum atomic E-state index is -3.19. The van der Waals surface area contributed by atoms with Crippen molar-refractivity contribution >= 4 is 21.5 Å². The zero-order chi connectivity index (χ0) is 19.2. The summed E-state index contributed by atoms with van der Waals surface area (Å²) >= 11 is 0. The Morgan fingerprint density at radius 3 is 2.23 bits per heavy atom. The van der Waals surface area contributed by atoms with Crippen LogP contribution in [0.2, 0.25) is 0 Å². The number of guanidine groups is 1. The molecule has 2 rings (SSSR count). The van der Waals surface area contributed by atoms with Crippen LogP contribution in [0.5, 0.6) is 11.5 Å². The van der Waals surface area contributed by atoms with E-state index in [0.717, 1.165) is 11.3 Å². The molecule has 0 aliphatic rings. The Morgan fingerprint density at radius 1 is 1.04 bits per heavy atom. The molecule has 0 bridgehead atoms. The summed E-state index contributed by atoms with van der Waals surface area (Å²) in [6.45, 7) is 0.497. The molecule has 0 heterocycles. The molecule has 0 amide bonds. The number of aliphatic imine (C=N–C) groups is 1. The van der Waals surface area contributed by atoms with Crippen molar-refractivity contribution in [1.82, 2.24) is 5.32 Å². The second kappa shape index (κ2) is 8.57. The van der Waals surface area contributed by atoms with Crippen molar-refractivity contribution in [2.24, 2.45) is 4.99 Å². The molecule has 140 valence electrons. The number of hydrogen-bond donors (Lipinski definition) is 2. The molecule has 0 unspecified atom stereocenters. The quantitative estimate of drug-likeness (QED) is 0.593. The van der Waals surface area contributed by atoms with Gasteiger partial charge in [0.2, 0.25) is 0 Å². The van der Waals surface area contributed by atoms with E-state index < -0.39 is 9.84 Å². The molecule has 2 aromatic rings. The lowest BCUT2D eigenvalue weighted by Crippen LogP contribution is -2.30. The van der Waals surface area contributed by atoms with Crippen LogP contribution in [-0.4, -0.2) is 41.9 Å². The molecule has 0 aromatic heterocycles. The van der Waals surface area contributed by atoms with Gasteiger partial charge in [0.25, 0.3) is 0 Å². The van der Waals surface area contributed by atoms with Crippen LogP contribution in [0.3, 0.4) is 0 Å². The second-order valence-electron chi connectivity index (χ2n) is 5.54. The number of hydrogen-bond acceptors (Lipinski definition) is 5. The number of rotatable bonds is 6. The van der Waals surface area contributed by atoms with E-state index in [1.165, 1.54) is 6.26 Å². The highest BCUT2D eigenvalue weighted by Gasteiger charge is 2.08. The first kappa shape index (κ1) is 19.6. The van der Waals surface area contributed by atoms with Gasteiger partial charge in [-0.15, -0.1) is 0 Å². The third kappa shape index (κ3) is 5.13. The van der Waals surface area contributed by atoms with Crippen molar-refractivity contribution in [1.29, 1.82) is 0 Å². The Bertz CT molecular complexity index is 878. The number of sulfone groups is 1. The van der Waals surface area contributed by atoms with Crippen molar-refractivity contribution in [3.05, 3.63) is 48.0 Å². The molecular weight excluding hydrogens is 354 g/mol. The molecule has 0 saturated heterocycles. The molecule has 7 nitrogen and oxygen atoms in total. The lowest BCUT2D eigenvalue weighted by molar-refractivity contribution is 0.355. The molecule has 8 heteroatoms. The van der Waals surface area contributed by atoms with Gasteiger partial charge in [-0.3, -0.25) is 4.99 Å². The van der Waals surface area contributed by atoms with Gasteiger partial charge in [0, 0.05) is 31.6 Å². The Balaban J connectivity index is 2.02. The summed E-state index contributed by atoms with van der Waals surface area (Å²) in [5.41, 5.74) is 1.73. The van der Waals surface area contributed by atoms with Crippen molar-refractivity contribution in [3.63, 3.8) is 0 Å².